The number of carbonyl (C=O) groups is 2. The van der Waals surface area contributed by atoms with Crippen molar-refractivity contribution in [1.29, 1.82) is 0 Å². The first kappa shape index (κ1) is 12.6. The second-order valence-corrected chi connectivity index (χ2v) is 4.76. The highest BCUT2D eigenvalue weighted by molar-refractivity contribution is 6.67. The van der Waals surface area contributed by atoms with Gasteiger partial charge in [0, 0.05) is 6.20 Å². The molecule has 0 aliphatic carbocycles. The molecule has 0 unspecified atom stereocenters. The van der Waals surface area contributed by atoms with Gasteiger partial charge in [-0.05, 0) is 48.4 Å². The highest BCUT2D eigenvalue weighted by atomic mass is 35.5. The van der Waals surface area contributed by atoms with Crippen molar-refractivity contribution in [2.75, 3.05) is 10.2 Å². The van der Waals surface area contributed by atoms with Gasteiger partial charge < -0.3 is 5.32 Å². The lowest BCUT2D eigenvalue weighted by Gasteiger charge is -2.19. The molecule has 0 saturated heterocycles. The number of amides is 2. The topological polar surface area (TPSA) is 62.3 Å². The summed E-state index contributed by atoms with van der Waals surface area (Å²) in [5.74, 6) is 0.0138. The summed E-state index contributed by atoms with van der Waals surface area (Å²) < 4.78 is 0. The predicted molar refractivity (Wildman–Crippen MR) is 76.8 cm³/mol. The molecule has 0 saturated carbocycles. The van der Waals surface area contributed by atoms with Gasteiger partial charge in [-0.25, -0.2) is 9.88 Å². The maximum atomic E-state index is 12.2. The maximum absolute atomic E-state index is 12.2. The molecule has 1 aromatic heterocycles. The van der Waals surface area contributed by atoms with E-state index in [0.717, 1.165) is 5.56 Å². The molecule has 2 heterocycles. The molecular formula is C14H10ClN3O2. The van der Waals surface area contributed by atoms with Crippen molar-refractivity contribution >= 4 is 40.1 Å². The highest BCUT2D eigenvalue weighted by Crippen LogP contribution is 2.37. The van der Waals surface area contributed by atoms with Crippen LogP contribution in [0.5, 0.6) is 0 Å². The van der Waals surface area contributed by atoms with Gasteiger partial charge >= 0.3 is 5.37 Å². The van der Waals surface area contributed by atoms with Crippen LogP contribution < -0.4 is 10.2 Å². The van der Waals surface area contributed by atoms with Crippen LogP contribution in [0.25, 0.3) is 0 Å². The normalized spacial score (nSPS) is 13.1. The van der Waals surface area contributed by atoms with E-state index < -0.39 is 5.37 Å². The molecule has 6 heteroatoms. The summed E-state index contributed by atoms with van der Waals surface area (Å²) in [6, 6.07) is 8.55. The summed E-state index contributed by atoms with van der Waals surface area (Å²) in [7, 11) is 0. The summed E-state index contributed by atoms with van der Waals surface area (Å²) in [6.07, 6.45) is 1.54. The molecular weight excluding hydrogens is 278 g/mol. The molecule has 3 rings (SSSR count). The number of aromatic nitrogens is 1. The number of halogens is 1. The fraction of sp³-hybridized carbons (Fsp3) is 0.0714. The first-order valence-corrected chi connectivity index (χ1v) is 6.32. The Hall–Kier alpha value is -2.40. The van der Waals surface area contributed by atoms with Gasteiger partial charge in [-0.2, -0.15) is 0 Å². The van der Waals surface area contributed by atoms with E-state index in [1.807, 2.05) is 6.92 Å². The molecule has 20 heavy (non-hydrogen) atoms. The minimum atomic E-state index is -0.715. The minimum absolute atomic E-state index is 0.297. The second kappa shape index (κ2) is 4.61. The number of pyridine rings is 1. The van der Waals surface area contributed by atoms with Crippen LogP contribution in [-0.4, -0.2) is 16.3 Å². The third-order valence-corrected chi connectivity index (χ3v) is 3.23. The van der Waals surface area contributed by atoms with Gasteiger partial charge in [0.15, 0.2) is 5.82 Å². The van der Waals surface area contributed by atoms with Crippen molar-refractivity contribution < 1.29 is 9.59 Å². The Labute approximate surface area is 120 Å². The zero-order valence-electron chi connectivity index (χ0n) is 10.6. The Kier molecular flexibility index (Phi) is 2.91. The summed E-state index contributed by atoms with van der Waals surface area (Å²) >= 11 is 5.69. The molecule has 0 atom stereocenters. The monoisotopic (exact) mass is 287 g/mol. The van der Waals surface area contributed by atoms with Crippen LogP contribution in [0.1, 0.15) is 15.9 Å². The van der Waals surface area contributed by atoms with Crippen LogP contribution in [0.15, 0.2) is 36.5 Å². The lowest BCUT2D eigenvalue weighted by atomic mass is 10.1. The van der Waals surface area contributed by atoms with E-state index in [1.54, 1.807) is 36.5 Å². The standard InChI is InChI=1S/C14H10ClN3O2/c1-8-4-5-9-11(7-8)18(14(15)20)12-10(17-13(9)19)3-2-6-16-12/h2-7H,1H3,(H,17,19). The predicted octanol–water partition coefficient (Wildman–Crippen LogP) is 3.45. The number of benzene rings is 1. The molecule has 2 aromatic rings. The molecule has 2 amide bonds. The fourth-order valence-corrected chi connectivity index (χ4v) is 2.34. The quantitative estimate of drug-likeness (QED) is 0.596. The number of anilines is 3. The Morgan fingerprint density at radius 1 is 1.35 bits per heavy atom. The van der Waals surface area contributed by atoms with Crippen LogP contribution >= 0.6 is 11.6 Å². The molecule has 100 valence electrons. The highest BCUT2D eigenvalue weighted by Gasteiger charge is 2.29. The lowest BCUT2D eigenvalue weighted by Crippen LogP contribution is -2.21. The smallest absolute Gasteiger partial charge is 0.319 e. The van der Waals surface area contributed by atoms with E-state index in [0.29, 0.717) is 22.8 Å². The maximum Gasteiger partial charge on any atom is 0.326 e. The van der Waals surface area contributed by atoms with Crippen LogP contribution in [-0.2, 0) is 0 Å². The molecule has 1 aromatic carbocycles. The number of rotatable bonds is 0. The van der Waals surface area contributed by atoms with Crippen molar-refractivity contribution in [2.24, 2.45) is 0 Å². The summed E-state index contributed by atoms with van der Waals surface area (Å²) in [5, 5.41) is 2.01. The van der Waals surface area contributed by atoms with E-state index in [9.17, 15) is 9.59 Å². The summed E-state index contributed by atoms with van der Waals surface area (Å²) in [5.41, 5.74) is 2.17. The van der Waals surface area contributed by atoms with Crippen molar-refractivity contribution in [3.8, 4) is 0 Å². The Morgan fingerprint density at radius 2 is 2.15 bits per heavy atom. The molecule has 0 radical (unpaired) electrons. The van der Waals surface area contributed by atoms with Crippen LogP contribution in [0, 0.1) is 6.92 Å². The molecule has 1 aliphatic rings. The van der Waals surface area contributed by atoms with E-state index in [-0.39, 0.29) is 5.91 Å². The number of carbonyl (C=O) groups excluding carboxylic acids is 2. The molecule has 0 bridgehead atoms. The van der Waals surface area contributed by atoms with Crippen molar-refractivity contribution in [3.05, 3.63) is 47.7 Å². The number of aryl methyl sites for hydroxylation is 1. The van der Waals surface area contributed by atoms with Crippen molar-refractivity contribution in [2.45, 2.75) is 6.92 Å². The van der Waals surface area contributed by atoms with Crippen LogP contribution in [0.3, 0.4) is 0 Å². The zero-order valence-corrected chi connectivity index (χ0v) is 11.3. The van der Waals surface area contributed by atoms with Crippen molar-refractivity contribution in [1.82, 2.24) is 4.98 Å². The van der Waals surface area contributed by atoms with E-state index in [4.69, 9.17) is 11.6 Å². The molecule has 0 fully saturated rings. The third kappa shape index (κ3) is 1.92. The molecule has 5 nitrogen and oxygen atoms in total. The molecule has 1 N–H and O–H groups in total. The summed E-state index contributed by atoms with van der Waals surface area (Å²) in [6.45, 7) is 1.87. The fourth-order valence-electron chi connectivity index (χ4n) is 2.17. The van der Waals surface area contributed by atoms with Crippen LogP contribution in [0.4, 0.5) is 22.0 Å². The van der Waals surface area contributed by atoms with Gasteiger partial charge in [0.1, 0.15) is 0 Å². The van der Waals surface area contributed by atoms with Gasteiger partial charge in [0.05, 0.1) is 16.9 Å². The SMILES string of the molecule is Cc1ccc2c(c1)N(C(=O)Cl)c1ncccc1NC2=O. The first-order chi connectivity index (χ1) is 9.58. The number of nitrogens with one attached hydrogen (secondary N) is 1. The average molecular weight is 288 g/mol. The Morgan fingerprint density at radius 3 is 2.90 bits per heavy atom. The Balaban J connectivity index is 2.33. The lowest BCUT2D eigenvalue weighted by molar-refractivity contribution is 0.102. The number of hydrogen-bond acceptors (Lipinski definition) is 3. The zero-order chi connectivity index (χ0) is 14.3. The number of hydrogen-bond donors (Lipinski definition) is 1. The third-order valence-electron chi connectivity index (χ3n) is 3.06. The second-order valence-electron chi connectivity index (χ2n) is 4.44. The Bertz CT molecular complexity index is 730. The number of nitrogens with zero attached hydrogens (tertiary/aromatic N) is 2. The minimum Gasteiger partial charge on any atom is -0.319 e. The van der Waals surface area contributed by atoms with Gasteiger partial charge in [-0.1, -0.05) is 6.07 Å². The van der Waals surface area contributed by atoms with Crippen molar-refractivity contribution in [3.63, 3.8) is 0 Å². The number of fused-ring (bicyclic) bond motifs is 2. The van der Waals surface area contributed by atoms with E-state index in [1.165, 1.54) is 4.90 Å². The first-order valence-electron chi connectivity index (χ1n) is 5.94. The molecule has 0 spiro atoms. The molecule has 1 aliphatic heterocycles. The van der Waals surface area contributed by atoms with Gasteiger partial charge in [-0.3, -0.25) is 9.59 Å². The van der Waals surface area contributed by atoms with Gasteiger partial charge in [0.25, 0.3) is 5.91 Å². The largest absolute Gasteiger partial charge is 0.326 e. The van der Waals surface area contributed by atoms with Gasteiger partial charge in [-0.15, -0.1) is 0 Å². The van der Waals surface area contributed by atoms with E-state index >= 15 is 0 Å². The summed E-state index contributed by atoms with van der Waals surface area (Å²) in [4.78, 5) is 29.4. The van der Waals surface area contributed by atoms with Gasteiger partial charge in [0.2, 0.25) is 0 Å². The average Bonchev–Trinajstić information content (AvgIpc) is 2.52. The van der Waals surface area contributed by atoms with Crippen LogP contribution in [0.2, 0.25) is 0 Å². The van der Waals surface area contributed by atoms with E-state index in [2.05, 4.69) is 10.3 Å².